The highest BCUT2D eigenvalue weighted by molar-refractivity contribution is 4.72. The number of aliphatic hydroxyl groups is 1. The molecule has 1 aliphatic rings. The van der Waals surface area contributed by atoms with Crippen LogP contribution in [0.4, 0.5) is 0 Å². The molecule has 0 heterocycles. The van der Waals surface area contributed by atoms with Crippen LogP contribution in [-0.4, -0.2) is 50.7 Å². The molecule has 4 nitrogen and oxygen atoms in total. The number of hydrogen-bond acceptors (Lipinski definition) is 4. The average molecular weight is 301 g/mol. The molecule has 1 atom stereocenters. The van der Waals surface area contributed by atoms with Gasteiger partial charge in [-0.25, -0.2) is 0 Å². The van der Waals surface area contributed by atoms with Gasteiger partial charge in [0.2, 0.25) is 0 Å². The lowest BCUT2D eigenvalue weighted by molar-refractivity contribution is 0.0340. The quantitative estimate of drug-likeness (QED) is 0.430. The molecule has 0 radical (unpaired) electrons. The van der Waals surface area contributed by atoms with E-state index in [4.69, 9.17) is 9.47 Å². The van der Waals surface area contributed by atoms with E-state index in [1.807, 2.05) is 0 Å². The number of hydrogen-bond donors (Lipinski definition) is 2. The van der Waals surface area contributed by atoms with Crippen molar-refractivity contribution in [1.29, 1.82) is 0 Å². The maximum absolute atomic E-state index is 9.75. The van der Waals surface area contributed by atoms with Crippen molar-refractivity contribution in [2.75, 3.05) is 39.5 Å². The molecule has 1 fully saturated rings. The molecule has 0 saturated heterocycles. The van der Waals surface area contributed by atoms with Crippen LogP contribution in [-0.2, 0) is 9.47 Å². The van der Waals surface area contributed by atoms with E-state index in [2.05, 4.69) is 12.2 Å². The van der Waals surface area contributed by atoms with Crippen LogP contribution >= 0.6 is 0 Å². The topological polar surface area (TPSA) is 50.7 Å². The van der Waals surface area contributed by atoms with E-state index >= 15 is 0 Å². The molecule has 0 aromatic heterocycles. The van der Waals surface area contributed by atoms with Gasteiger partial charge in [-0.05, 0) is 25.2 Å². The number of aliphatic hydroxyl groups excluding tert-OH is 1. The van der Waals surface area contributed by atoms with Crippen LogP contribution in [0.5, 0.6) is 0 Å². The van der Waals surface area contributed by atoms with E-state index < -0.39 is 6.10 Å². The standard InChI is InChI=1S/C17H35NO3/c1-2-3-4-5-6-7-11-20-15-17(19)13-18-10-12-21-14-16-8-9-16/h16-19H,2-15H2,1H3. The fraction of sp³-hybridized carbons (Fsp3) is 1.00. The van der Waals surface area contributed by atoms with Crippen molar-refractivity contribution in [3.05, 3.63) is 0 Å². The zero-order valence-corrected chi connectivity index (χ0v) is 13.8. The van der Waals surface area contributed by atoms with E-state index in [1.54, 1.807) is 0 Å². The SMILES string of the molecule is CCCCCCCCOCC(O)CNCCOCC1CC1. The second kappa shape index (κ2) is 13.5. The molecule has 1 saturated carbocycles. The first-order valence-corrected chi connectivity index (χ1v) is 8.87. The molecule has 0 spiro atoms. The Labute approximate surface area is 130 Å². The van der Waals surface area contributed by atoms with Crippen molar-refractivity contribution < 1.29 is 14.6 Å². The Morgan fingerprint density at radius 1 is 1.05 bits per heavy atom. The molecule has 0 aromatic rings. The smallest absolute Gasteiger partial charge is 0.0897 e. The van der Waals surface area contributed by atoms with Gasteiger partial charge >= 0.3 is 0 Å². The lowest BCUT2D eigenvalue weighted by Gasteiger charge is -2.12. The number of nitrogens with one attached hydrogen (secondary N) is 1. The van der Waals surface area contributed by atoms with Crippen LogP contribution in [0.25, 0.3) is 0 Å². The van der Waals surface area contributed by atoms with Crippen LogP contribution in [0.1, 0.15) is 58.3 Å². The Morgan fingerprint density at radius 2 is 1.81 bits per heavy atom. The molecule has 1 aliphatic carbocycles. The van der Waals surface area contributed by atoms with Gasteiger partial charge in [0.1, 0.15) is 0 Å². The van der Waals surface area contributed by atoms with Gasteiger partial charge in [0.25, 0.3) is 0 Å². The monoisotopic (exact) mass is 301 g/mol. The molecule has 0 aliphatic heterocycles. The van der Waals surface area contributed by atoms with Crippen LogP contribution in [0.2, 0.25) is 0 Å². The minimum atomic E-state index is -0.409. The number of ether oxygens (including phenoxy) is 2. The third-order valence-corrected chi connectivity index (χ3v) is 3.81. The molecular weight excluding hydrogens is 266 g/mol. The summed E-state index contributed by atoms with van der Waals surface area (Å²) >= 11 is 0. The fourth-order valence-electron chi connectivity index (χ4n) is 2.21. The summed E-state index contributed by atoms with van der Waals surface area (Å²) in [5, 5.41) is 12.9. The summed E-state index contributed by atoms with van der Waals surface area (Å²) in [4.78, 5) is 0. The van der Waals surface area contributed by atoms with Crippen LogP contribution < -0.4 is 5.32 Å². The van der Waals surface area contributed by atoms with E-state index in [9.17, 15) is 5.11 Å². The van der Waals surface area contributed by atoms with E-state index in [1.165, 1.54) is 44.9 Å². The van der Waals surface area contributed by atoms with Crippen molar-refractivity contribution in [2.24, 2.45) is 5.92 Å². The van der Waals surface area contributed by atoms with Gasteiger partial charge in [-0.3, -0.25) is 0 Å². The summed E-state index contributed by atoms with van der Waals surface area (Å²) in [5.74, 6) is 0.825. The van der Waals surface area contributed by atoms with Crippen molar-refractivity contribution in [2.45, 2.75) is 64.4 Å². The van der Waals surface area contributed by atoms with Crippen LogP contribution in [0.3, 0.4) is 0 Å². The van der Waals surface area contributed by atoms with E-state index in [-0.39, 0.29) is 0 Å². The van der Waals surface area contributed by atoms with Gasteiger partial charge in [0.05, 0.1) is 19.3 Å². The molecular formula is C17H35NO3. The first-order chi connectivity index (χ1) is 10.3. The molecule has 0 aromatic carbocycles. The largest absolute Gasteiger partial charge is 0.389 e. The van der Waals surface area contributed by atoms with E-state index in [0.29, 0.717) is 13.2 Å². The molecule has 0 bridgehead atoms. The minimum absolute atomic E-state index is 0.409. The minimum Gasteiger partial charge on any atom is -0.389 e. The summed E-state index contributed by atoms with van der Waals surface area (Å²) in [6.07, 6.45) is 9.90. The second-order valence-electron chi connectivity index (χ2n) is 6.22. The fourth-order valence-corrected chi connectivity index (χ4v) is 2.21. The number of rotatable bonds is 16. The first-order valence-electron chi connectivity index (χ1n) is 8.87. The Bertz CT molecular complexity index is 222. The molecule has 126 valence electrons. The highest BCUT2D eigenvalue weighted by atomic mass is 16.5. The van der Waals surface area contributed by atoms with Crippen LogP contribution in [0.15, 0.2) is 0 Å². The average Bonchev–Trinajstić information content (AvgIpc) is 3.29. The lowest BCUT2D eigenvalue weighted by atomic mass is 10.1. The Kier molecular flexibility index (Phi) is 12.1. The normalized spacial score (nSPS) is 16.3. The Balaban J connectivity index is 1.71. The van der Waals surface area contributed by atoms with Gasteiger partial charge in [0.15, 0.2) is 0 Å². The summed E-state index contributed by atoms with van der Waals surface area (Å²) in [5.41, 5.74) is 0. The van der Waals surface area contributed by atoms with E-state index in [0.717, 1.165) is 38.7 Å². The highest BCUT2D eigenvalue weighted by Crippen LogP contribution is 2.28. The lowest BCUT2D eigenvalue weighted by Crippen LogP contribution is -2.32. The number of unbranched alkanes of at least 4 members (excludes halogenated alkanes) is 5. The van der Waals surface area contributed by atoms with Crippen LogP contribution in [0, 0.1) is 5.92 Å². The predicted octanol–water partition coefficient (Wildman–Crippen LogP) is 2.74. The zero-order chi connectivity index (χ0) is 15.2. The molecule has 4 heteroatoms. The second-order valence-corrected chi connectivity index (χ2v) is 6.22. The van der Waals surface area contributed by atoms with Crippen molar-refractivity contribution in [1.82, 2.24) is 5.32 Å². The molecule has 21 heavy (non-hydrogen) atoms. The van der Waals surface area contributed by atoms with Crippen molar-refractivity contribution >= 4 is 0 Å². The van der Waals surface area contributed by atoms with Gasteiger partial charge < -0.3 is 19.9 Å². The van der Waals surface area contributed by atoms with Gasteiger partial charge in [0, 0.05) is 26.3 Å². The summed E-state index contributed by atoms with van der Waals surface area (Å²) in [7, 11) is 0. The molecule has 0 amide bonds. The predicted molar refractivity (Wildman–Crippen MR) is 86.6 cm³/mol. The summed E-state index contributed by atoms with van der Waals surface area (Å²) in [6.45, 7) is 6.48. The third kappa shape index (κ3) is 13.2. The van der Waals surface area contributed by atoms with Gasteiger partial charge in [-0.1, -0.05) is 39.0 Å². The van der Waals surface area contributed by atoms with Gasteiger partial charge in [-0.15, -0.1) is 0 Å². The molecule has 2 N–H and O–H groups in total. The van der Waals surface area contributed by atoms with Crippen molar-refractivity contribution in [3.63, 3.8) is 0 Å². The highest BCUT2D eigenvalue weighted by Gasteiger charge is 2.20. The maximum Gasteiger partial charge on any atom is 0.0897 e. The Morgan fingerprint density at radius 3 is 2.57 bits per heavy atom. The summed E-state index contributed by atoms with van der Waals surface area (Å²) in [6, 6.07) is 0. The zero-order valence-electron chi connectivity index (χ0n) is 13.8. The van der Waals surface area contributed by atoms with Gasteiger partial charge in [-0.2, -0.15) is 0 Å². The summed E-state index contributed by atoms with van der Waals surface area (Å²) < 4.78 is 11.0. The third-order valence-electron chi connectivity index (χ3n) is 3.81. The Hall–Kier alpha value is -0.160. The van der Waals surface area contributed by atoms with Crippen molar-refractivity contribution in [3.8, 4) is 0 Å². The molecule has 1 rings (SSSR count). The molecule has 1 unspecified atom stereocenters. The maximum atomic E-state index is 9.75. The first kappa shape index (κ1) is 18.9.